The van der Waals surface area contributed by atoms with E-state index in [1.54, 1.807) is 44.7 Å². The van der Waals surface area contributed by atoms with E-state index < -0.39 is 17.4 Å². The van der Waals surface area contributed by atoms with Gasteiger partial charge in [0.25, 0.3) is 0 Å². The van der Waals surface area contributed by atoms with Gasteiger partial charge >= 0.3 is 5.97 Å². The van der Waals surface area contributed by atoms with E-state index in [1.807, 2.05) is 18.2 Å². The van der Waals surface area contributed by atoms with Gasteiger partial charge in [-0.25, -0.2) is 9.18 Å². The second kappa shape index (κ2) is 11.3. The number of ether oxygens (including phenoxy) is 2. The molecule has 4 nitrogen and oxygen atoms in total. The number of para-hydroxylation sites is 1. The Balaban J connectivity index is 1.92. The molecule has 3 rings (SSSR count). The van der Waals surface area contributed by atoms with Crippen LogP contribution in [0.3, 0.4) is 0 Å². The number of rotatable bonds is 8. The Bertz CT molecular complexity index is 1000. The predicted octanol–water partition coefficient (Wildman–Crippen LogP) is 7.89. The van der Waals surface area contributed by atoms with Gasteiger partial charge in [-0.1, -0.05) is 44.9 Å². The molecule has 34 heavy (non-hydrogen) atoms. The highest BCUT2D eigenvalue weighted by Crippen LogP contribution is 2.48. The highest BCUT2D eigenvalue weighted by Gasteiger charge is 2.35. The van der Waals surface area contributed by atoms with Crippen LogP contribution in [-0.2, 0) is 9.53 Å². The van der Waals surface area contributed by atoms with Crippen molar-refractivity contribution >= 4 is 29.1 Å². The van der Waals surface area contributed by atoms with E-state index in [1.165, 1.54) is 18.8 Å². The molecular weight excluding hydrogens is 449 g/mol. The largest absolute Gasteiger partial charge is 0.462 e. The lowest BCUT2D eigenvalue weighted by Crippen LogP contribution is -2.36. The SMILES string of the molecule is CCCCC1(CC)CSc2cc(O/C=C/C(=O)OC(C)(C)C)c(F)cc2N(c2ccccc2)C1. The highest BCUT2D eigenvalue weighted by molar-refractivity contribution is 7.99. The van der Waals surface area contributed by atoms with Crippen molar-refractivity contribution in [3.05, 3.63) is 60.6 Å². The normalized spacial score (nSPS) is 18.5. The van der Waals surface area contributed by atoms with Crippen molar-refractivity contribution in [2.75, 3.05) is 17.2 Å². The molecule has 0 fully saturated rings. The lowest BCUT2D eigenvalue weighted by molar-refractivity contribution is -0.148. The first kappa shape index (κ1) is 26.1. The number of fused-ring (bicyclic) bond motifs is 1. The van der Waals surface area contributed by atoms with Crippen molar-refractivity contribution in [3.8, 4) is 5.75 Å². The maximum atomic E-state index is 15.2. The lowest BCUT2D eigenvalue weighted by Gasteiger charge is -2.36. The zero-order valence-corrected chi connectivity index (χ0v) is 21.7. The third-order valence-corrected chi connectivity index (χ3v) is 7.41. The Morgan fingerprint density at radius 3 is 2.59 bits per heavy atom. The van der Waals surface area contributed by atoms with Gasteiger partial charge in [0.05, 0.1) is 18.0 Å². The monoisotopic (exact) mass is 485 g/mol. The van der Waals surface area contributed by atoms with Crippen molar-refractivity contribution in [3.63, 3.8) is 0 Å². The van der Waals surface area contributed by atoms with Crippen LogP contribution in [0.4, 0.5) is 15.8 Å². The number of unbranched alkanes of at least 4 members (excludes halogenated alkanes) is 1. The third kappa shape index (κ3) is 6.78. The van der Waals surface area contributed by atoms with Gasteiger partial charge in [0.1, 0.15) is 5.60 Å². The number of thioether (sulfide) groups is 1. The van der Waals surface area contributed by atoms with Crippen molar-refractivity contribution in [2.24, 2.45) is 5.41 Å². The molecule has 0 N–H and O–H groups in total. The molecule has 184 valence electrons. The Morgan fingerprint density at radius 1 is 1.21 bits per heavy atom. The topological polar surface area (TPSA) is 38.8 Å². The summed E-state index contributed by atoms with van der Waals surface area (Å²) in [6.45, 7) is 10.7. The number of esters is 1. The van der Waals surface area contributed by atoms with E-state index in [9.17, 15) is 4.79 Å². The second-order valence-corrected chi connectivity index (χ2v) is 10.9. The van der Waals surface area contributed by atoms with Crippen LogP contribution in [0, 0.1) is 11.2 Å². The van der Waals surface area contributed by atoms with E-state index in [-0.39, 0.29) is 11.2 Å². The van der Waals surface area contributed by atoms with E-state index in [0.29, 0.717) is 0 Å². The third-order valence-electron chi connectivity index (χ3n) is 6.02. The zero-order chi connectivity index (χ0) is 24.8. The van der Waals surface area contributed by atoms with Gasteiger partial charge in [0.15, 0.2) is 11.6 Å². The Kier molecular flexibility index (Phi) is 8.69. The lowest BCUT2D eigenvalue weighted by atomic mass is 9.81. The van der Waals surface area contributed by atoms with E-state index in [2.05, 4.69) is 30.9 Å². The fourth-order valence-corrected chi connectivity index (χ4v) is 5.48. The molecule has 0 spiro atoms. The Hall–Kier alpha value is -2.47. The van der Waals surface area contributed by atoms with Crippen LogP contribution in [0.5, 0.6) is 5.75 Å². The first-order chi connectivity index (χ1) is 16.2. The fourth-order valence-electron chi connectivity index (χ4n) is 4.07. The van der Waals surface area contributed by atoms with Crippen molar-refractivity contribution in [2.45, 2.75) is 70.8 Å². The van der Waals surface area contributed by atoms with Crippen molar-refractivity contribution in [1.82, 2.24) is 0 Å². The summed E-state index contributed by atoms with van der Waals surface area (Å²) in [5.74, 6) is 0.0535. The number of halogens is 1. The van der Waals surface area contributed by atoms with Gasteiger partial charge in [-0.3, -0.25) is 0 Å². The molecule has 1 heterocycles. The van der Waals surface area contributed by atoms with Crippen LogP contribution in [0.1, 0.15) is 60.3 Å². The second-order valence-electron chi connectivity index (χ2n) is 9.87. The summed E-state index contributed by atoms with van der Waals surface area (Å²) in [4.78, 5) is 15.1. The van der Waals surface area contributed by atoms with E-state index in [4.69, 9.17) is 9.47 Å². The number of benzene rings is 2. The summed E-state index contributed by atoms with van der Waals surface area (Å²) in [6, 6.07) is 13.5. The number of hydrogen-bond donors (Lipinski definition) is 0. The molecule has 1 unspecified atom stereocenters. The fraction of sp³-hybridized carbons (Fsp3) is 0.464. The average Bonchev–Trinajstić information content (AvgIpc) is 2.95. The molecule has 6 heteroatoms. The first-order valence-electron chi connectivity index (χ1n) is 12.0. The van der Waals surface area contributed by atoms with E-state index in [0.717, 1.165) is 47.8 Å². The van der Waals surface area contributed by atoms with Gasteiger partial charge in [0.2, 0.25) is 0 Å². The minimum atomic E-state index is -0.599. The molecule has 2 aromatic rings. The van der Waals surface area contributed by atoms with E-state index >= 15 is 4.39 Å². The summed E-state index contributed by atoms with van der Waals surface area (Å²) in [5, 5.41) is 0. The van der Waals surface area contributed by atoms with Gasteiger partial charge in [-0.15, -0.1) is 11.8 Å². The number of anilines is 2. The molecule has 0 aliphatic carbocycles. The summed E-state index contributed by atoms with van der Waals surface area (Å²) in [7, 11) is 0. The number of hydrogen-bond acceptors (Lipinski definition) is 5. The van der Waals surface area contributed by atoms with Gasteiger partial charge in [0, 0.05) is 28.9 Å². The zero-order valence-electron chi connectivity index (χ0n) is 20.9. The molecule has 0 aromatic heterocycles. The summed E-state index contributed by atoms with van der Waals surface area (Å²) < 4.78 is 25.9. The molecular formula is C28H36FNO3S. The Labute approximate surface area is 207 Å². The van der Waals surface area contributed by atoms with Crippen LogP contribution in [-0.4, -0.2) is 23.9 Å². The predicted molar refractivity (Wildman–Crippen MR) is 138 cm³/mol. The van der Waals surface area contributed by atoms with Crippen LogP contribution < -0.4 is 9.64 Å². The summed E-state index contributed by atoms with van der Waals surface area (Å²) in [5.41, 5.74) is 1.43. The smallest absolute Gasteiger partial charge is 0.334 e. The van der Waals surface area contributed by atoms with Gasteiger partial charge < -0.3 is 14.4 Å². The molecule has 1 aliphatic heterocycles. The number of carbonyl (C=O) groups excluding carboxylic acids is 1. The minimum Gasteiger partial charge on any atom is -0.462 e. The van der Waals surface area contributed by atoms with Crippen LogP contribution >= 0.6 is 11.8 Å². The number of carbonyl (C=O) groups is 1. The van der Waals surface area contributed by atoms with Crippen LogP contribution in [0.15, 0.2) is 59.7 Å². The summed E-state index contributed by atoms with van der Waals surface area (Å²) >= 11 is 1.76. The maximum Gasteiger partial charge on any atom is 0.334 e. The molecule has 2 aromatic carbocycles. The quantitative estimate of drug-likeness (QED) is 0.216. The minimum absolute atomic E-state index is 0.0941. The van der Waals surface area contributed by atoms with Gasteiger partial charge in [-0.2, -0.15) is 0 Å². The van der Waals surface area contributed by atoms with Crippen LogP contribution in [0.25, 0.3) is 0 Å². The van der Waals surface area contributed by atoms with Crippen molar-refractivity contribution < 1.29 is 18.7 Å². The molecule has 0 radical (unpaired) electrons. The Morgan fingerprint density at radius 2 is 1.94 bits per heavy atom. The highest BCUT2D eigenvalue weighted by atomic mass is 32.2. The van der Waals surface area contributed by atoms with Crippen molar-refractivity contribution in [1.29, 1.82) is 0 Å². The molecule has 0 bridgehead atoms. The first-order valence-corrected chi connectivity index (χ1v) is 13.0. The van der Waals surface area contributed by atoms with Gasteiger partial charge in [-0.05, 0) is 57.2 Å². The average molecular weight is 486 g/mol. The molecule has 1 aliphatic rings. The molecule has 1 atom stereocenters. The summed E-state index contributed by atoms with van der Waals surface area (Å²) in [6.07, 6.45) is 6.88. The molecule has 0 saturated heterocycles. The standard InChI is InChI=1S/C28H36FNO3S/c1-6-8-15-28(7-2)19-30(21-12-10-9-11-13-21)23-17-22(29)24(18-25(23)34-20-28)32-16-14-26(31)33-27(3,4)5/h9-14,16-18H,6-8,15,19-20H2,1-5H3/b16-14+. The number of nitrogens with zero attached hydrogens (tertiary/aromatic N) is 1. The maximum absolute atomic E-state index is 15.2. The molecule has 0 saturated carbocycles. The van der Waals surface area contributed by atoms with Crippen LogP contribution in [0.2, 0.25) is 0 Å². The molecule has 0 amide bonds.